The highest BCUT2D eigenvalue weighted by atomic mass is 16.3. The van der Waals surface area contributed by atoms with Gasteiger partial charge >= 0.3 is 0 Å². The number of hydrogen-bond donors (Lipinski definition) is 1. The largest absolute Gasteiger partial charge is 0.388 e. The Hall–Kier alpha value is -1.34. The first-order chi connectivity index (χ1) is 9.55. The molecule has 0 saturated carbocycles. The maximum absolute atomic E-state index is 10.7. The lowest BCUT2D eigenvalue weighted by Gasteiger charge is -2.24. The number of hydrogen-bond acceptors (Lipinski definition) is 1. The van der Waals surface area contributed by atoms with Gasteiger partial charge in [0.15, 0.2) is 0 Å². The van der Waals surface area contributed by atoms with Gasteiger partial charge in [-0.15, -0.1) is 0 Å². The van der Waals surface area contributed by atoms with Gasteiger partial charge in [0.2, 0.25) is 0 Å². The van der Waals surface area contributed by atoms with Crippen molar-refractivity contribution >= 4 is 10.8 Å². The van der Waals surface area contributed by atoms with E-state index in [2.05, 4.69) is 38.1 Å². The molecule has 0 radical (unpaired) electrons. The van der Waals surface area contributed by atoms with Crippen molar-refractivity contribution in [3.63, 3.8) is 0 Å². The highest BCUT2D eigenvalue weighted by Gasteiger charge is 2.30. The molecule has 2 aromatic carbocycles. The summed E-state index contributed by atoms with van der Waals surface area (Å²) >= 11 is 0. The Balaban J connectivity index is 2.00. The summed E-state index contributed by atoms with van der Waals surface area (Å²) in [6, 6.07) is 9.02. The molecule has 1 unspecified atom stereocenters. The molecule has 0 heterocycles. The molecule has 1 atom stereocenters. The van der Waals surface area contributed by atoms with Gasteiger partial charge in [-0.25, -0.2) is 0 Å². The first-order valence-corrected chi connectivity index (χ1v) is 7.79. The highest BCUT2D eigenvalue weighted by molar-refractivity contribution is 5.94. The van der Waals surface area contributed by atoms with E-state index in [1.807, 2.05) is 0 Å². The number of rotatable bonds is 0. The SMILES string of the molecule is CC1(C)CCc2c(cc3c4c(cccc24)CC3)C(O)C1. The average molecular weight is 266 g/mol. The topological polar surface area (TPSA) is 20.2 Å². The van der Waals surface area contributed by atoms with Crippen molar-refractivity contribution in [3.05, 3.63) is 46.5 Å². The molecule has 0 saturated heterocycles. The molecule has 2 aromatic rings. The maximum Gasteiger partial charge on any atom is 0.0798 e. The predicted octanol–water partition coefficient (Wildman–Crippen LogP) is 4.33. The summed E-state index contributed by atoms with van der Waals surface area (Å²) in [6.07, 6.45) is 5.14. The molecule has 0 bridgehead atoms. The predicted molar refractivity (Wildman–Crippen MR) is 83.0 cm³/mol. The van der Waals surface area contributed by atoms with Crippen molar-refractivity contribution < 1.29 is 5.11 Å². The highest BCUT2D eigenvalue weighted by Crippen LogP contribution is 2.44. The van der Waals surface area contributed by atoms with E-state index in [0.717, 1.165) is 32.1 Å². The first kappa shape index (κ1) is 12.4. The van der Waals surface area contributed by atoms with Crippen LogP contribution in [0.5, 0.6) is 0 Å². The first-order valence-electron chi connectivity index (χ1n) is 7.79. The number of aliphatic hydroxyl groups is 1. The molecule has 1 N–H and O–H groups in total. The van der Waals surface area contributed by atoms with Gasteiger partial charge in [-0.3, -0.25) is 0 Å². The number of benzene rings is 2. The molecule has 104 valence electrons. The summed E-state index contributed by atoms with van der Waals surface area (Å²) in [6.45, 7) is 4.56. The number of aryl methyl sites for hydroxylation is 3. The van der Waals surface area contributed by atoms with Crippen molar-refractivity contribution in [1.82, 2.24) is 0 Å². The summed E-state index contributed by atoms with van der Waals surface area (Å²) in [5.74, 6) is 0. The van der Waals surface area contributed by atoms with Crippen LogP contribution < -0.4 is 0 Å². The molecular formula is C19H22O. The summed E-state index contributed by atoms with van der Waals surface area (Å²) in [7, 11) is 0. The van der Waals surface area contributed by atoms with Crippen molar-refractivity contribution in [2.24, 2.45) is 5.41 Å². The van der Waals surface area contributed by atoms with Gasteiger partial charge in [0.25, 0.3) is 0 Å². The third kappa shape index (κ3) is 1.73. The smallest absolute Gasteiger partial charge is 0.0798 e. The second kappa shape index (κ2) is 4.08. The quantitative estimate of drug-likeness (QED) is 0.703. The van der Waals surface area contributed by atoms with Crippen LogP contribution in [-0.4, -0.2) is 5.11 Å². The minimum atomic E-state index is -0.299. The zero-order chi connectivity index (χ0) is 13.9. The fraction of sp³-hybridized carbons (Fsp3) is 0.474. The van der Waals surface area contributed by atoms with E-state index >= 15 is 0 Å². The second-order valence-corrected chi connectivity index (χ2v) is 7.33. The Morgan fingerprint density at radius 1 is 1.10 bits per heavy atom. The third-order valence-corrected chi connectivity index (χ3v) is 5.30. The second-order valence-electron chi connectivity index (χ2n) is 7.33. The van der Waals surface area contributed by atoms with Gasteiger partial charge in [0.1, 0.15) is 0 Å². The Labute approximate surface area is 120 Å². The van der Waals surface area contributed by atoms with Crippen LogP contribution in [0.3, 0.4) is 0 Å². The average Bonchev–Trinajstić information content (AvgIpc) is 2.76. The van der Waals surface area contributed by atoms with E-state index < -0.39 is 0 Å². The van der Waals surface area contributed by atoms with Gasteiger partial charge in [-0.1, -0.05) is 38.1 Å². The van der Waals surface area contributed by atoms with Gasteiger partial charge < -0.3 is 5.11 Å². The summed E-state index contributed by atoms with van der Waals surface area (Å²) in [4.78, 5) is 0. The summed E-state index contributed by atoms with van der Waals surface area (Å²) < 4.78 is 0. The molecule has 1 heteroatoms. The molecule has 2 aliphatic rings. The van der Waals surface area contributed by atoms with E-state index in [1.165, 1.54) is 33.0 Å². The molecule has 2 aliphatic carbocycles. The van der Waals surface area contributed by atoms with Crippen LogP contribution in [0.2, 0.25) is 0 Å². The minimum absolute atomic E-state index is 0.229. The third-order valence-electron chi connectivity index (χ3n) is 5.30. The molecule has 0 amide bonds. The molecule has 4 rings (SSSR count). The molecule has 20 heavy (non-hydrogen) atoms. The Morgan fingerprint density at radius 3 is 2.75 bits per heavy atom. The fourth-order valence-electron chi connectivity index (χ4n) is 4.18. The minimum Gasteiger partial charge on any atom is -0.388 e. The normalized spacial score (nSPS) is 23.6. The molecule has 0 aliphatic heterocycles. The zero-order valence-corrected chi connectivity index (χ0v) is 12.4. The van der Waals surface area contributed by atoms with Crippen LogP contribution in [0.15, 0.2) is 24.3 Å². The van der Waals surface area contributed by atoms with Gasteiger partial charge in [-0.2, -0.15) is 0 Å². The lowest BCUT2D eigenvalue weighted by Crippen LogP contribution is -2.13. The van der Waals surface area contributed by atoms with E-state index in [0.29, 0.717) is 0 Å². The van der Waals surface area contributed by atoms with Crippen LogP contribution in [0, 0.1) is 5.41 Å². The fourth-order valence-corrected chi connectivity index (χ4v) is 4.18. The molecular weight excluding hydrogens is 244 g/mol. The van der Waals surface area contributed by atoms with Crippen LogP contribution in [0.1, 0.15) is 55.0 Å². The number of aliphatic hydroxyl groups excluding tert-OH is 1. The van der Waals surface area contributed by atoms with Gasteiger partial charge in [0, 0.05) is 0 Å². The maximum atomic E-state index is 10.7. The van der Waals surface area contributed by atoms with Crippen LogP contribution >= 0.6 is 0 Å². The lowest BCUT2D eigenvalue weighted by molar-refractivity contribution is 0.116. The van der Waals surface area contributed by atoms with Crippen LogP contribution in [0.25, 0.3) is 10.8 Å². The summed E-state index contributed by atoms with van der Waals surface area (Å²) in [5, 5.41) is 13.6. The zero-order valence-electron chi connectivity index (χ0n) is 12.4. The van der Waals surface area contributed by atoms with Crippen LogP contribution in [-0.2, 0) is 19.3 Å². The Bertz CT molecular complexity index is 696. The van der Waals surface area contributed by atoms with E-state index in [9.17, 15) is 5.11 Å². The van der Waals surface area contributed by atoms with Gasteiger partial charge in [0.05, 0.1) is 6.10 Å². The van der Waals surface area contributed by atoms with Crippen LogP contribution in [0.4, 0.5) is 0 Å². The van der Waals surface area contributed by atoms with Crippen molar-refractivity contribution in [1.29, 1.82) is 0 Å². The van der Waals surface area contributed by atoms with Crippen molar-refractivity contribution in [2.45, 2.75) is 52.1 Å². The monoisotopic (exact) mass is 266 g/mol. The molecule has 0 spiro atoms. The standard InChI is InChI=1S/C19H22O/c1-19(2)9-8-14-15-5-3-4-12-6-7-13(18(12)15)10-16(14)17(20)11-19/h3-5,10,17,20H,6-9,11H2,1-2H3. The van der Waals surface area contributed by atoms with E-state index in [-0.39, 0.29) is 11.5 Å². The van der Waals surface area contributed by atoms with Gasteiger partial charge in [-0.05, 0) is 70.5 Å². The van der Waals surface area contributed by atoms with E-state index in [4.69, 9.17) is 0 Å². The molecule has 1 nitrogen and oxygen atoms in total. The Morgan fingerprint density at radius 2 is 1.90 bits per heavy atom. The number of fused-ring (bicyclic) bond motifs is 2. The van der Waals surface area contributed by atoms with Crippen molar-refractivity contribution in [3.8, 4) is 0 Å². The summed E-state index contributed by atoms with van der Waals surface area (Å²) in [5.41, 5.74) is 5.79. The molecule has 0 fully saturated rings. The Kier molecular flexibility index (Phi) is 2.53. The molecule has 0 aromatic heterocycles. The lowest BCUT2D eigenvalue weighted by atomic mass is 9.84. The van der Waals surface area contributed by atoms with Crippen molar-refractivity contribution in [2.75, 3.05) is 0 Å². The van der Waals surface area contributed by atoms with E-state index in [1.54, 1.807) is 0 Å².